The molecular formula is C20H31N3O2S. The van der Waals surface area contributed by atoms with Gasteiger partial charge in [-0.05, 0) is 69.3 Å². The van der Waals surface area contributed by atoms with E-state index in [0.717, 1.165) is 55.6 Å². The van der Waals surface area contributed by atoms with E-state index in [9.17, 15) is 0 Å². The Morgan fingerprint density at radius 1 is 1.23 bits per heavy atom. The zero-order valence-electron chi connectivity index (χ0n) is 16.0. The van der Waals surface area contributed by atoms with Gasteiger partial charge in [0.25, 0.3) is 0 Å². The predicted octanol–water partition coefficient (Wildman–Crippen LogP) is 3.38. The van der Waals surface area contributed by atoms with Crippen molar-refractivity contribution < 1.29 is 9.47 Å². The summed E-state index contributed by atoms with van der Waals surface area (Å²) in [5.41, 5.74) is 1.21. The van der Waals surface area contributed by atoms with E-state index in [1.807, 2.05) is 6.07 Å². The van der Waals surface area contributed by atoms with Crippen molar-refractivity contribution >= 4 is 17.3 Å². The fourth-order valence-electron chi connectivity index (χ4n) is 3.58. The molecule has 1 aromatic rings. The third kappa shape index (κ3) is 5.01. The Labute approximate surface area is 162 Å². The number of ether oxygens (including phenoxy) is 2. The highest BCUT2D eigenvalue weighted by Crippen LogP contribution is 2.33. The molecule has 5 nitrogen and oxygen atoms in total. The molecule has 0 saturated carbocycles. The van der Waals surface area contributed by atoms with Gasteiger partial charge in [0.15, 0.2) is 16.6 Å². The first-order chi connectivity index (χ1) is 12.7. The monoisotopic (exact) mass is 377 g/mol. The van der Waals surface area contributed by atoms with Crippen LogP contribution >= 0.6 is 12.2 Å². The zero-order valence-corrected chi connectivity index (χ0v) is 16.8. The van der Waals surface area contributed by atoms with Crippen LogP contribution in [-0.4, -0.2) is 54.4 Å². The minimum absolute atomic E-state index is 0.314. The number of thiocarbonyl (C=S) groups is 1. The summed E-state index contributed by atoms with van der Waals surface area (Å²) in [5.74, 6) is 1.67. The van der Waals surface area contributed by atoms with E-state index in [2.05, 4.69) is 41.2 Å². The van der Waals surface area contributed by atoms with E-state index in [1.165, 1.54) is 24.8 Å². The average molecular weight is 378 g/mol. The SMILES string of the molecule is CCCCCNC(=S)N(Cc1ccc2c(c1)OCO2)C1CCN(C)CC1. The fraction of sp³-hybridized carbons (Fsp3) is 0.650. The van der Waals surface area contributed by atoms with E-state index < -0.39 is 0 Å². The van der Waals surface area contributed by atoms with Gasteiger partial charge in [-0.25, -0.2) is 0 Å². The number of rotatable bonds is 7. The quantitative estimate of drug-likeness (QED) is 0.580. The lowest BCUT2D eigenvalue weighted by atomic mass is 10.0. The van der Waals surface area contributed by atoms with Crippen LogP contribution in [0.15, 0.2) is 18.2 Å². The fourth-order valence-corrected chi connectivity index (χ4v) is 3.90. The van der Waals surface area contributed by atoms with Crippen LogP contribution in [0.1, 0.15) is 44.6 Å². The Bertz CT molecular complexity index is 603. The van der Waals surface area contributed by atoms with Crippen molar-refractivity contribution in [3.05, 3.63) is 23.8 Å². The van der Waals surface area contributed by atoms with E-state index in [4.69, 9.17) is 21.7 Å². The van der Waals surface area contributed by atoms with Crippen molar-refractivity contribution in [2.75, 3.05) is 33.5 Å². The number of fused-ring (bicyclic) bond motifs is 1. The normalized spacial score (nSPS) is 17.3. The number of hydrogen-bond acceptors (Lipinski definition) is 4. The second-order valence-electron chi connectivity index (χ2n) is 7.29. The first-order valence-corrected chi connectivity index (χ1v) is 10.2. The topological polar surface area (TPSA) is 37.0 Å². The van der Waals surface area contributed by atoms with E-state index in [-0.39, 0.29) is 0 Å². The van der Waals surface area contributed by atoms with Crippen LogP contribution in [0, 0.1) is 0 Å². The van der Waals surface area contributed by atoms with E-state index in [1.54, 1.807) is 0 Å². The lowest BCUT2D eigenvalue weighted by molar-refractivity contribution is 0.170. The maximum atomic E-state index is 5.78. The van der Waals surface area contributed by atoms with Gasteiger partial charge < -0.3 is 24.6 Å². The van der Waals surface area contributed by atoms with E-state index >= 15 is 0 Å². The summed E-state index contributed by atoms with van der Waals surface area (Å²) in [4.78, 5) is 4.78. The second kappa shape index (κ2) is 9.42. The third-order valence-electron chi connectivity index (χ3n) is 5.24. The predicted molar refractivity (Wildman–Crippen MR) is 109 cm³/mol. The number of piperidine rings is 1. The maximum absolute atomic E-state index is 5.78. The molecule has 0 radical (unpaired) electrons. The number of nitrogens with one attached hydrogen (secondary N) is 1. The van der Waals surface area contributed by atoms with Gasteiger partial charge in [-0.1, -0.05) is 25.8 Å². The van der Waals surface area contributed by atoms with Crippen LogP contribution in [-0.2, 0) is 6.54 Å². The molecule has 0 unspecified atom stereocenters. The first kappa shape index (κ1) is 19.2. The molecule has 1 N–H and O–H groups in total. The first-order valence-electron chi connectivity index (χ1n) is 9.79. The summed E-state index contributed by atoms with van der Waals surface area (Å²) < 4.78 is 11.0. The molecule has 2 heterocycles. The molecule has 0 aliphatic carbocycles. The Morgan fingerprint density at radius 3 is 2.77 bits per heavy atom. The van der Waals surface area contributed by atoms with Crippen molar-refractivity contribution in [1.82, 2.24) is 15.1 Å². The van der Waals surface area contributed by atoms with Crippen molar-refractivity contribution in [1.29, 1.82) is 0 Å². The number of unbranched alkanes of at least 4 members (excludes halogenated alkanes) is 2. The average Bonchev–Trinajstić information content (AvgIpc) is 3.12. The van der Waals surface area contributed by atoms with Crippen LogP contribution in [0.3, 0.4) is 0 Å². The Morgan fingerprint density at radius 2 is 2.00 bits per heavy atom. The van der Waals surface area contributed by atoms with Gasteiger partial charge in [-0.3, -0.25) is 0 Å². The van der Waals surface area contributed by atoms with Gasteiger partial charge in [-0.2, -0.15) is 0 Å². The summed E-state index contributed by atoms with van der Waals surface area (Å²) >= 11 is 5.78. The molecule has 2 aliphatic heterocycles. The molecular weight excluding hydrogens is 346 g/mol. The smallest absolute Gasteiger partial charge is 0.231 e. The van der Waals surface area contributed by atoms with Gasteiger partial charge in [0.1, 0.15) is 0 Å². The van der Waals surface area contributed by atoms with Crippen molar-refractivity contribution in [2.24, 2.45) is 0 Å². The van der Waals surface area contributed by atoms with Crippen LogP contribution < -0.4 is 14.8 Å². The summed E-state index contributed by atoms with van der Waals surface area (Å²) in [5, 5.41) is 4.37. The molecule has 0 bridgehead atoms. The summed E-state index contributed by atoms with van der Waals surface area (Å²) in [6.45, 7) is 6.56. The van der Waals surface area contributed by atoms with Crippen LogP contribution in [0.5, 0.6) is 11.5 Å². The Kier molecular flexibility index (Phi) is 6.97. The lowest BCUT2D eigenvalue weighted by Gasteiger charge is -2.39. The number of hydrogen-bond donors (Lipinski definition) is 1. The van der Waals surface area contributed by atoms with Gasteiger partial charge in [0.2, 0.25) is 6.79 Å². The van der Waals surface area contributed by atoms with E-state index in [0.29, 0.717) is 12.8 Å². The highest BCUT2D eigenvalue weighted by atomic mass is 32.1. The maximum Gasteiger partial charge on any atom is 0.231 e. The van der Waals surface area contributed by atoms with Crippen LogP contribution in [0.25, 0.3) is 0 Å². The third-order valence-corrected chi connectivity index (χ3v) is 5.62. The minimum Gasteiger partial charge on any atom is -0.454 e. The van der Waals surface area contributed by atoms with Crippen LogP contribution in [0.4, 0.5) is 0 Å². The number of benzene rings is 1. The summed E-state index contributed by atoms with van der Waals surface area (Å²) in [7, 11) is 2.19. The van der Waals surface area contributed by atoms with Crippen LogP contribution in [0.2, 0.25) is 0 Å². The molecule has 26 heavy (non-hydrogen) atoms. The summed E-state index contributed by atoms with van der Waals surface area (Å²) in [6.07, 6.45) is 5.94. The number of likely N-dealkylation sites (tertiary alicyclic amines) is 1. The van der Waals surface area contributed by atoms with Gasteiger partial charge in [0, 0.05) is 19.1 Å². The molecule has 0 amide bonds. The van der Waals surface area contributed by atoms with Crippen molar-refractivity contribution in [3.8, 4) is 11.5 Å². The highest BCUT2D eigenvalue weighted by Gasteiger charge is 2.25. The molecule has 0 atom stereocenters. The van der Waals surface area contributed by atoms with Gasteiger partial charge in [0.05, 0.1) is 0 Å². The molecule has 0 aromatic heterocycles. The Hall–Kier alpha value is -1.53. The van der Waals surface area contributed by atoms with Gasteiger partial charge >= 0.3 is 0 Å². The molecule has 3 rings (SSSR count). The second-order valence-corrected chi connectivity index (χ2v) is 7.68. The zero-order chi connectivity index (χ0) is 18.4. The highest BCUT2D eigenvalue weighted by molar-refractivity contribution is 7.80. The molecule has 1 saturated heterocycles. The lowest BCUT2D eigenvalue weighted by Crippen LogP contribution is -2.49. The molecule has 1 aromatic carbocycles. The standard InChI is InChI=1S/C20H31N3O2S/c1-3-4-5-10-21-20(26)23(17-8-11-22(2)12-9-17)14-16-6-7-18-19(13-16)25-15-24-18/h6-7,13,17H,3-5,8-12,14-15H2,1-2H3,(H,21,26). The molecule has 2 aliphatic rings. The minimum atomic E-state index is 0.314. The molecule has 6 heteroatoms. The molecule has 1 fully saturated rings. The van der Waals surface area contributed by atoms with Crippen molar-refractivity contribution in [2.45, 2.75) is 51.6 Å². The molecule has 144 valence electrons. The van der Waals surface area contributed by atoms with Gasteiger partial charge in [-0.15, -0.1) is 0 Å². The molecule has 0 spiro atoms. The largest absolute Gasteiger partial charge is 0.454 e. The Balaban J connectivity index is 1.66. The number of nitrogens with zero attached hydrogens (tertiary/aromatic N) is 2. The van der Waals surface area contributed by atoms with Crippen molar-refractivity contribution in [3.63, 3.8) is 0 Å². The summed E-state index contributed by atoms with van der Waals surface area (Å²) in [6, 6.07) is 6.70.